The average Bonchev–Trinajstić information content (AvgIpc) is 2.71. The van der Waals surface area contributed by atoms with Crippen molar-refractivity contribution in [3.05, 3.63) is 15.9 Å². The zero-order chi connectivity index (χ0) is 13.8. The lowest BCUT2D eigenvalue weighted by Gasteiger charge is -2.24. The van der Waals surface area contributed by atoms with Crippen molar-refractivity contribution in [2.75, 3.05) is 12.4 Å². The highest BCUT2D eigenvalue weighted by atomic mass is 79.9. The van der Waals surface area contributed by atoms with Crippen LogP contribution >= 0.6 is 38.9 Å². The first kappa shape index (κ1) is 16.4. The van der Waals surface area contributed by atoms with E-state index >= 15 is 0 Å². The van der Waals surface area contributed by atoms with Gasteiger partial charge in [-0.2, -0.15) is 0 Å². The zero-order valence-corrected chi connectivity index (χ0v) is 14.3. The molecule has 3 nitrogen and oxygen atoms in total. The molecule has 0 aromatic carbocycles. The minimum Gasteiger partial charge on any atom is -0.210 e. The molecule has 1 heterocycles. The summed E-state index contributed by atoms with van der Waals surface area (Å²) in [6.45, 7) is 4.48. The molecule has 0 aliphatic heterocycles. The summed E-state index contributed by atoms with van der Waals surface area (Å²) in [5.74, 6) is 0.604. The zero-order valence-electron chi connectivity index (χ0n) is 10.4. The van der Waals surface area contributed by atoms with Crippen LogP contribution in [0.4, 0.5) is 0 Å². The second-order valence-electron chi connectivity index (χ2n) is 4.84. The fourth-order valence-electron chi connectivity index (χ4n) is 1.46. The fourth-order valence-corrected chi connectivity index (χ4v) is 5.22. The normalized spacial score (nSPS) is 12.9. The minimum absolute atomic E-state index is 0.0916. The highest BCUT2D eigenvalue weighted by Crippen LogP contribution is 2.28. The van der Waals surface area contributed by atoms with Crippen LogP contribution in [0.5, 0.6) is 0 Å². The molecule has 104 valence electrons. The van der Waals surface area contributed by atoms with Crippen molar-refractivity contribution < 1.29 is 8.42 Å². The van der Waals surface area contributed by atoms with Gasteiger partial charge in [0.1, 0.15) is 4.21 Å². The Morgan fingerprint density at radius 3 is 2.67 bits per heavy atom. The Morgan fingerprint density at radius 1 is 1.50 bits per heavy atom. The van der Waals surface area contributed by atoms with Crippen LogP contribution in [0.2, 0.25) is 0 Å². The third kappa shape index (κ3) is 4.81. The number of hydrogen-bond acceptors (Lipinski definition) is 3. The van der Waals surface area contributed by atoms with Crippen LogP contribution in [0.15, 0.2) is 20.1 Å². The maximum Gasteiger partial charge on any atom is 0.251 e. The molecular weight excluding hydrogens is 358 g/mol. The van der Waals surface area contributed by atoms with Crippen molar-refractivity contribution >= 4 is 48.9 Å². The number of nitrogens with one attached hydrogen (secondary N) is 1. The first-order valence-electron chi connectivity index (χ1n) is 5.57. The number of rotatable bonds is 7. The maximum absolute atomic E-state index is 12.1. The second-order valence-corrected chi connectivity index (χ2v) is 8.95. The van der Waals surface area contributed by atoms with E-state index in [1.165, 1.54) is 11.3 Å². The topological polar surface area (TPSA) is 46.2 Å². The molecule has 1 rings (SSSR count). The van der Waals surface area contributed by atoms with Crippen molar-refractivity contribution in [1.29, 1.82) is 0 Å². The number of hydrogen-bond donors (Lipinski definition) is 1. The van der Waals surface area contributed by atoms with Gasteiger partial charge in [-0.05, 0) is 45.6 Å². The van der Waals surface area contributed by atoms with Crippen molar-refractivity contribution in [2.45, 2.75) is 30.9 Å². The van der Waals surface area contributed by atoms with E-state index in [1.807, 2.05) is 13.8 Å². The Morgan fingerprint density at radius 2 is 2.17 bits per heavy atom. The van der Waals surface area contributed by atoms with Crippen LogP contribution in [0.3, 0.4) is 0 Å². The van der Waals surface area contributed by atoms with E-state index in [1.54, 1.807) is 11.4 Å². The molecule has 0 bridgehead atoms. The van der Waals surface area contributed by atoms with Gasteiger partial charge in [0.15, 0.2) is 0 Å². The van der Waals surface area contributed by atoms with E-state index in [4.69, 9.17) is 11.6 Å². The monoisotopic (exact) mass is 373 g/mol. The Hall–Kier alpha value is 0.380. The summed E-state index contributed by atoms with van der Waals surface area (Å²) in [6.07, 6.45) is 1.78. The van der Waals surface area contributed by atoms with Crippen LogP contribution in [0.25, 0.3) is 0 Å². The molecule has 0 unspecified atom stereocenters. The maximum atomic E-state index is 12.1. The van der Waals surface area contributed by atoms with E-state index < -0.39 is 10.0 Å². The van der Waals surface area contributed by atoms with Gasteiger partial charge >= 0.3 is 0 Å². The molecule has 0 saturated carbocycles. The molecule has 0 aliphatic rings. The lowest BCUT2D eigenvalue weighted by atomic mass is 9.88. The Kier molecular flexibility index (Phi) is 6.12. The number of sulfonamides is 1. The molecule has 1 aromatic rings. The first-order valence-corrected chi connectivity index (χ1v) is 9.26. The van der Waals surface area contributed by atoms with Crippen LogP contribution in [-0.4, -0.2) is 20.8 Å². The summed E-state index contributed by atoms with van der Waals surface area (Å²) in [5.41, 5.74) is -0.0916. The fraction of sp³-hybridized carbons (Fsp3) is 0.636. The molecule has 0 atom stereocenters. The molecule has 7 heteroatoms. The van der Waals surface area contributed by atoms with E-state index in [9.17, 15) is 8.42 Å². The van der Waals surface area contributed by atoms with Crippen molar-refractivity contribution in [2.24, 2.45) is 5.41 Å². The van der Waals surface area contributed by atoms with Crippen LogP contribution < -0.4 is 4.72 Å². The highest BCUT2D eigenvalue weighted by molar-refractivity contribution is 9.10. The summed E-state index contributed by atoms with van der Waals surface area (Å²) in [4.78, 5) is 0. The Bertz CT molecular complexity index is 485. The molecule has 0 fully saturated rings. The number of halogens is 2. The summed E-state index contributed by atoms with van der Waals surface area (Å²) in [7, 11) is -3.42. The van der Waals surface area contributed by atoms with Gasteiger partial charge < -0.3 is 0 Å². The van der Waals surface area contributed by atoms with Gasteiger partial charge in [-0.25, -0.2) is 13.1 Å². The smallest absolute Gasteiger partial charge is 0.210 e. The van der Waals surface area contributed by atoms with Crippen molar-refractivity contribution in [3.8, 4) is 0 Å². The van der Waals surface area contributed by atoms with Crippen molar-refractivity contribution in [1.82, 2.24) is 4.72 Å². The SMILES string of the molecule is CC(C)(CCCCl)CNS(=O)(=O)c1sccc1Br. The Labute approximate surface area is 126 Å². The van der Waals surface area contributed by atoms with Gasteiger partial charge in [0.2, 0.25) is 0 Å². The summed E-state index contributed by atoms with van der Waals surface area (Å²) in [5, 5.41) is 1.75. The third-order valence-electron chi connectivity index (χ3n) is 2.56. The van der Waals surface area contributed by atoms with Gasteiger partial charge in [-0.15, -0.1) is 22.9 Å². The molecule has 0 aliphatic carbocycles. The Balaban J connectivity index is 2.66. The third-order valence-corrected chi connectivity index (χ3v) is 6.89. The predicted octanol–water partition coefficient (Wildman–Crippen LogP) is 3.83. The van der Waals surface area contributed by atoms with E-state index in [0.717, 1.165) is 12.8 Å². The summed E-state index contributed by atoms with van der Waals surface area (Å²) < 4.78 is 27.8. The molecule has 0 amide bonds. The predicted molar refractivity (Wildman–Crippen MR) is 80.9 cm³/mol. The standard InChI is InChI=1S/C11H17BrClNO2S2/c1-11(2,5-3-6-13)8-14-18(15,16)10-9(12)4-7-17-10/h4,7,14H,3,5-6,8H2,1-2H3. The van der Waals surface area contributed by atoms with Crippen LogP contribution in [0, 0.1) is 5.41 Å². The van der Waals surface area contributed by atoms with E-state index in [0.29, 0.717) is 21.1 Å². The molecule has 18 heavy (non-hydrogen) atoms. The van der Waals surface area contributed by atoms with E-state index in [-0.39, 0.29) is 5.41 Å². The van der Waals surface area contributed by atoms with Gasteiger partial charge in [-0.3, -0.25) is 0 Å². The van der Waals surface area contributed by atoms with Gasteiger partial charge in [-0.1, -0.05) is 13.8 Å². The molecule has 0 saturated heterocycles. The summed E-state index contributed by atoms with van der Waals surface area (Å²) >= 11 is 10.1. The van der Waals surface area contributed by atoms with Gasteiger partial charge in [0.25, 0.3) is 10.0 Å². The van der Waals surface area contributed by atoms with Gasteiger partial charge in [0.05, 0.1) is 0 Å². The van der Waals surface area contributed by atoms with E-state index in [2.05, 4.69) is 20.7 Å². The van der Waals surface area contributed by atoms with Crippen LogP contribution in [0.1, 0.15) is 26.7 Å². The molecule has 0 radical (unpaired) electrons. The molecule has 0 spiro atoms. The second kappa shape index (κ2) is 6.70. The minimum atomic E-state index is -3.42. The number of thiophene rings is 1. The average molecular weight is 375 g/mol. The van der Waals surface area contributed by atoms with Crippen molar-refractivity contribution in [3.63, 3.8) is 0 Å². The molecular formula is C11H17BrClNO2S2. The number of alkyl halides is 1. The van der Waals surface area contributed by atoms with Crippen LogP contribution in [-0.2, 0) is 10.0 Å². The first-order chi connectivity index (χ1) is 8.28. The largest absolute Gasteiger partial charge is 0.251 e. The lowest BCUT2D eigenvalue weighted by Crippen LogP contribution is -2.33. The lowest BCUT2D eigenvalue weighted by molar-refractivity contribution is 0.331. The van der Waals surface area contributed by atoms with Gasteiger partial charge in [0, 0.05) is 16.9 Å². The quantitative estimate of drug-likeness (QED) is 0.737. The highest BCUT2D eigenvalue weighted by Gasteiger charge is 2.24. The summed E-state index contributed by atoms with van der Waals surface area (Å²) in [6, 6.07) is 1.73. The molecule has 1 N–H and O–H groups in total. The molecule has 1 aromatic heterocycles.